The van der Waals surface area contributed by atoms with Crippen LogP contribution < -0.4 is 5.32 Å². The number of fused-ring (bicyclic) bond motifs is 1. The summed E-state index contributed by atoms with van der Waals surface area (Å²) in [6, 6.07) is 2.73. The van der Waals surface area contributed by atoms with Crippen LogP contribution in [0, 0.1) is 0 Å². The highest BCUT2D eigenvalue weighted by Crippen LogP contribution is 2.19. The van der Waals surface area contributed by atoms with Gasteiger partial charge in [-0.2, -0.15) is 5.10 Å². The number of carbonyl (C=O) groups excluding carboxylic acids is 1. The van der Waals surface area contributed by atoms with Gasteiger partial charge in [-0.15, -0.1) is 0 Å². The lowest BCUT2D eigenvalue weighted by atomic mass is 10.0. The van der Waals surface area contributed by atoms with E-state index in [1.807, 2.05) is 0 Å². The van der Waals surface area contributed by atoms with Crippen LogP contribution in [0.1, 0.15) is 63.8 Å². The summed E-state index contributed by atoms with van der Waals surface area (Å²) in [6.45, 7) is 10.8. The van der Waals surface area contributed by atoms with Crippen LogP contribution in [-0.4, -0.2) is 57.7 Å². The summed E-state index contributed by atoms with van der Waals surface area (Å²) < 4.78 is 2.11. The third-order valence-corrected chi connectivity index (χ3v) is 5.79. The first-order valence-corrected chi connectivity index (χ1v) is 10.5. The molecule has 2 aliphatic heterocycles. The average Bonchev–Trinajstić information content (AvgIpc) is 3.07. The van der Waals surface area contributed by atoms with E-state index in [1.54, 1.807) is 0 Å². The Morgan fingerprint density at radius 1 is 1.27 bits per heavy atom. The Bertz CT molecular complexity index is 585. The molecule has 0 bridgehead atoms. The van der Waals surface area contributed by atoms with Gasteiger partial charge in [-0.1, -0.05) is 26.7 Å². The average molecular weight is 362 g/mol. The highest BCUT2D eigenvalue weighted by Gasteiger charge is 2.23. The van der Waals surface area contributed by atoms with E-state index in [9.17, 15) is 4.79 Å². The quantitative estimate of drug-likeness (QED) is 0.772. The van der Waals surface area contributed by atoms with E-state index in [1.165, 1.54) is 44.3 Å². The van der Waals surface area contributed by atoms with E-state index in [0.717, 1.165) is 38.3 Å². The molecule has 2 aliphatic rings. The number of amides is 1. The van der Waals surface area contributed by atoms with Crippen molar-refractivity contribution in [3.8, 4) is 0 Å². The fourth-order valence-electron chi connectivity index (χ4n) is 4.20. The number of hydrogen-bond donors (Lipinski definition) is 1. The van der Waals surface area contributed by atoms with Gasteiger partial charge in [0.1, 0.15) is 0 Å². The zero-order chi connectivity index (χ0) is 18.4. The topological polar surface area (TPSA) is 53.4 Å². The van der Waals surface area contributed by atoms with Gasteiger partial charge in [-0.25, -0.2) is 0 Å². The molecule has 146 valence electrons. The van der Waals surface area contributed by atoms with Crippen LogP contribution in [0.15, 0.2) is 6.07 Å². The predicted molar refractivity (Wildman–Crippen MR) is 104 cm³/mol. The monoisotopic (exact) mass is 361 g/mol. The molecule has 26 heavy (non-hydrogen) atoms. The molecule has 0 saturated carbocycles. The number of unbranched alkanes of at least 4 members (excludes halogenated alkanes) is 1. The molecule has 1 N–H and O–H groups in total. The Hall–Kier alpha value is -1.40. The molecule has 6 nitrogen and oxygen atoms in total. The number of aromatic nitrogens is 2. The first kappa shape index (κ1) is 19.4. The van der Waals surface area contributed by atoms with Crippen LogP contribution in [0.5, 0.6) is 0 Å². The van der Waals surface area contributed by atoms with Crippen LogP contribution >= 0.6 is 0 Å². The van der Waals surface area contributed by atoms with Gasteiger partial charge in [-0.3, -0.25) is 19.3 Å². The SMILES string of the molecule is CCCCN1CCn2nc(CNC(=O)CN3CCCCC3CC)cc2C1. The van der Waals surface area contributed by atoms with Gasteiger partial charge in [0.2, 0.25) is 5.91 Å². The molecule has 3 rings (SSSR count). The van der Waals surface area contributed by atoms with Crippen molar-refractivity contribution in [2.24, 2.45) is 0 Å². The standard InChI is InChI=1S/C20H35N5O/c1-3-5-9-23-11-12-25-19(15-23)13-17(22-25)14-21-20(26)16-24-10-7-6-8-18(24)4-2/h13,18H,3-12,14-16H2,1-2H3,(H,21,26). The summed E-state index contributed by atoms with van der Waals surface area (Å²) >= 11 is 0. The van der Waals surface area contributed by atoms with Crippen molar-refractivity contribution < 1.29 is 4.79 Å². The van der Waals surface area contributed by atoms with Crippen molar-refractivity contribution in [3.63, 3.8) is 0 Å². The number of carbonyl (C=O) groups is 1. The minimum atomic E-state index is 0.126. The Labute approximate surface area is 157 Å². The highest BCUT2D eigenvalue weighted by molar-refractivity contribution is 5.78. The smallest absolute Gasteiger partial charge is 0.234 e. The summed E-state index contributed by atoms with van der Waals surface area (Å²) in [7, 11) is 0. The molecule has 1 atom stereocenters. The van der Waals surface area contributed by atoms with Gasteiger partial charge in [-0.05, 0) is 44.8 Å². The third kappa shape index (κ3) is 5.07. The molecule has 1 fully saturated rings. The Morgan fingerprint density at radius 2 is 2.15 bits per heavy atom. The van der Waals surface area contributed by atoms with Crippen molar-refractivity contribution in [2.45, 2.75) is 78.0 Å². The van der Waals surface area contributed by atoms with Crippen molar-refractivity contribution >= 4 is 5.91 Å². The van der Waals surface area contributed by atoms with Gasteiger partial charge in [0.15, 0.2) is 0 Å². The minimum absolute atomic E-state index is 0.126. The Kier molecular flexibility index (Phi) is 7.08. The second kappa shape index (κ2) is 9.51. The molecule has 1 unspecified atom stereocenters. The van der Waals surface area contributed by atoms with E-state index < -0.39 is 0 Å². The van der Waals surface area contributed by atoms with Crippen LogP contribution in [0.4, 0.5) is 0 Å². The minimum Gasteiger partial charge on any atom is -0.349 e. The summed E-state index contributed by atoms with van der Waals surface area (Å²) in [5, 5.41) is 7.75. The van der Waals surface area contributed by atoms with Gasteiger partial charge < -0.3 is 5.32 Å². The summed E-state index contributed by atoms with van der Waals surface area (Å²) in [6.07, 6.45) is 7.37. The fraction of sp³-hybridized carbons (Fsp3) is 0.800. The number of piperidine rings is 1. The molecule has 0 aromatic carbocycles. The number of likely N-dealkylation sites (tertiary alicyclic amines) is 1. The molecule has 0 spiro atoms. The molecule has 0 radical (unpaired) electrons. The van der Waals surface area contributed by atoms with E-state index in [0.29, 0.717) is 19.1 Å². The lowest BCUT2D eigenvalue weighted by Crippen LogP contribution is -2.45. The lowest BCUT2D eigenvalue weighted by molar-refractivity contribution is -0.123. The predicted octanol–water partition coefficient (Wildman–Crippen LogP) is 2.38. The molecule has 1 aromatic rings. The summed E-state index contributed by atoms with van der Waals surface area (Å²) in [5.74, 6) is 0.126. The van der Waals surface area contributed by atoms with Crippen LogP contribution in [0.25, 0.3) is 0 Å². The van der Waals surface area contributed by atoms with Gasteiger partial charge >= 0.3 is 0 Å². The number of nitrogens with one attached hydrogen (secondary N) is 1. The molecule has 1 saturated heterocycles. The van der Waals surface area contributed by atoms with E-state index in [2.05, 4.69) is 44.8 Å². The third-order valence-electron chi connectivity index (χ3n) is 5.79. The maximum Gasteiger partial charge on any atom is 0.234 e. The van der Waals surface area contributed by atoms with Crippen molar-refractivity contribution in [1.82, 2.24) is 24.9 Å². The van der Waals surface area contributed by atoms with Crippen molar-refractivity contribution in [2.75, 3.05) is 26.2 Å². The lowest BCUT2D eigenvalue weighted by Gasteiger charge is -2.34. The normalized spacial score (nSPS) is 21.5. The molecule has 1 amide bonds. The molecule has 0 aliphatic carbocycles. The van der Waals surface area contributed by atoms with Gasteiger partial charge in [0.05, 0.1) is 31.0 Å². The second-order valence-corrected chi connectivity index (χ2v) is 7.78. The fourth-order valence-corrected chi connectivity index (χ4v) is 4.20. The van der Waals surface area contributed by atoms with E-state index in [-0.39, 0.29) is 5.91 Å². The van der Waals surface area contributed by atoms with Gasteiger partial charge in [0, 0.05) is 19.1 Å². The molecule has 1 aromatic heterocycles. The number of nitrogens with zero attached hydrogens (tertiary/aromatic N) is 4. The first-order valence-electron chi connectivity index (χ1n) is 10.5. The maximum absolute atomic E-state index is 12.4. The number of rotatable bonds is 8. The Morgan fingerprint density at radius 3 is 2.96 bits per heavy atom. The Balaban J connectivity index is 1.46. The van der Waals surface area contributed by atoms with Crippen LogP contribution in [0.3, 0.4) is 0 Å². The van der Waals surface area contributed by atoms with Crippen LogP contribution in [0.2, 0.25) is 0 Å². The molecular weight excluding hydrogens is 326 g/mol. The van der Waals surface area contributed by atoms with Crippen molar-refractivity contribution in [1.29, 1.82) is 0 Å². The van der Waals surface area contributed by atoms with Gasteiger partial charge in [0.25, 0.3) is 0 Å². The zero-order valence-corrected chi connectivity index (χ0v) is 16.5. The van der Waals surface area contributed by atoms with Crippen LogP contribution in [-0.2, 0) is 24.4 Å². The maximum atomic E-state index is 12.4. The zero-order valence-electron chi connectivity index (χ0n) is 16.5. The summed E-state index contributed by atoms with van der Waals surface area (Å²) in [5.41, 5.74) is 2.26. The largest absolute Gasteiger partial charge is 0.349 e. The molecular formula is C20H35N5O. The van der Waals surface area contributed by atoms with Crippen molar-refractivity contribution in [3.05, 3.63) is 17.5 Å². The summed E-state index contributed by atoms with van der Waals surface area (Å²) in [4.78, 5) is 17.2. The first-order chi connectivity index (χ1) is 12.7. The van der Waals surface area contributed by atoms with E-state index in [4.69, 9.17) is 0 Å². The molecule has 3 heterocycles. The molecule has 6 heteroatoms. The second-order valence-electron chi connectivity index (χ2n) is 7.78. The highest BCUT2D eigenvalue weighted by atomic mass is 16.2. The number of hydrogen-bond acceptors (Lipinski definition) is 4. The van der Waals surface area contributed by atoms with E-state index >= 15 is 0 Å².